The molecule has 1 aromatic rings. The molecule has 0 aliphatic rings. The maximum Gasteiger partial charge on any atom is 0.283 e. The summed E-state index contributed by atoms with van der Waals surface area (Å²) in [6.45, 7) is 5.77. The first-order valence-electron chi connectivity index (χ1n) is 3.79. The highest BCUT2D eigenvalue weighted by atomic mass is 79.9. The molecule has 0 fully saturated rings. The predicted octanol–water partition coefficient (Wildman–Crippen LogP) is 3.29. The van der Waals surface area contributed by atoms with E-state index in [4.69, 9.17) is 0 Å². The molecule has 0 N–H and O–H groups in total. The molecule has 3 nitrogen and oxygen atoms in total. The summed E-state index contributed by atoms with van der Waals surface area (Å²) in [6.07, 6.45) is 0. The van der Waals surface area contributed by atoms with Crippen LogP contribution in [0.15, 0.2) is 22.7 Å². The molecule has 0 saturated heterocycles. The van der Waals surface area contributed by atoms with E-state index in [9.17, 15) is 10.1 Å². The SMILES string of the molecule is [CH2]C(C)c1ccc([N+](=O)[O-])c(Br)c1. The average Bonchev–Trinajstić information content (AvgIpc) is 2.03. The highest BCUT2D eigenvalue weighted by Gasteiger charge is 2.12. The highest BCUT2D eigenvalue weighted by molar-refractivity contribution is 9.10. The van der Waals surface area contributed by atoms with Crippen LogP contribution in [0, 0.1) is 17.0 Å². The predicted molar refractivity (Wildman–Crippen MR) is 54.6 cm³/mol. The largest absolute Gasteiger partial charge is 0.283 e. The lowest BCUT2D eigenvalue weighted by molar-refractivity contribution is -0.385. The molecule has 4 heteroatoms. The van der Waals surface area contributed by atoms with Crippen LogP contribution in [0.4, 0.5) is 5.69 Å². The van der Waals surface area contributed by atoms with Crippen LogP contribution in [0.3, 0.4) is 0 Å². The van der Waals surface area contributed by atoms with Gasteiger partial charge in [-0.3, -0.25) is 10.1 Å². The van der Waals surface area contributed by atoms with Gasteiger partial charge in [0.2, 0.25) is 0 Å². The second-order valence-corrected chi connectivity index (χ2v) is 3.72. The first-order valence-corrected chi connectivity index (χ1v) is 4.58. The zero-order valence-corrected chi connectivity index (χ0v) is 8.74. The molecule has 0 aliphatic heterocycles. The molecule has 0 bridgehead atoms. The van der Waals surface area contributed by atoms with Crippen molar-refractivity contribution in [3.05, 3.63) is 45.3 Å². The molecule has 13 heavy (non-hydrogen) atoms. The zero-order valence-electron chi connectivity index (χ0n) is 7.16. The number of halogens is 1. The van der Waals surface area contributed by atoms with Crippen molar-refractivity contribution < 1.29 is 4.92 Å². The van der Waals surface area contributed by atoms with Gasteiger partial charge in [0.25, 0.3) is 5.69 Å². The van der Waals surface area contributed by atoms with Crippen molar-refractivity contribution in [1.29, 1.82) is 0 Å². The Hall–Kier alpha value is -0.900. The van der Waals surface area contributed by atoms with Gasteiger partial charge in [-0.1, -0.05) is 13.0 Å². The van der Waals surface area contributed by atoms with E-state index in [1.807, 2.05) is 6.92 Å². The van der Waals surface area contributed by atoms with Gasteiger partial charge in [0.15, 0.2) is 0 Å². The van der Waals surface area contributed by atoms with Crippen molar-refractivity contribution in [2.45, 2.75) is 12.8 Å². The minimum Gasteiger partial charge on any atom is -0.258 e. The third-order valence-corrected chi connectivity index (χ3v) is 2.37. The van der Waals surface area contributed by atoms with Crippen LogP contribution in [0.2, 0.25) is 0 Å². The molecule has 0 spiro atoms. The normalized spacial score (nSPS) is 10.5. The number of nitrogens with zero attached hydrogens (tertiary/aromatic N) is 1. The second kappa shape index (κ2) is 3.87. The van der Waals surface area contributed by atoms with Gasteiger partial charge in [0.05, 0.1) is 9.40 Å². The summed E-state index contributed by atoms with van der Waals surface area (Å²) in [5, 5.41) is 10.5. The lowest BCUT2D eigenvalue weighted by Crippen LogP contribution is -1.92. The van der Waals surface area contributed by atoms with Crippen LogP contribution < -0.4 is 0 Å². The van der Waals surface area contributed by atoms with Gasteiger partial charge in [0, 0.05) is 6.07 Å². The molecule has 1 rings (SSSR count). The Labute approximate surface area is 85.0 Å². The number of hydrogen-bond donors (Lipinski definition) is 0. The van der Waals surface area contributed by atoms with E-state index in [-0.39, 0.29) is 11.6 Å². The zero-order chi connectivity index (χ0) is 10.0. The molecule has 1 atom stereocenters. The lowest BCUT2D eigenvalue weighted by atomic mass is 10.0. The van der Waals surface area contributed by atoms with Crippen LogP contribution in [-0.2, 0) is 0 Å². The van der Waals surface area contributed by atoms with Crippen LogP contribution >= 0.6 is 15.9 Å². The van der Waals surface area contributed by atoms with E-state index >= 15 is 0 Å². The van der Waals surface area contributed by atoms with Gasteiger partial charge in [-0.05, 0) is 40.4 Å². The van der Waals surface area contributed by atoms with Gasteiger partial charge >= 0.3 is 0 Å². The minimum absolute atomic E-state index is 0.0874. The van der Waals surface area contributed by atoms with Crippen molar-refractivity contribution in [3.8, 4) is 0 Å². The van der Waals surface area contributed by atoms with Crippen molar-refractivity contribution in [3.63, 3.8) is 0 Å². The molecule has 0 aliphatic carbocycles. The summed E-state index contributed by atoms with van der Waals surface area (Å²) in [5.74, 6) is 0.136. The van der Waals surface area contributed by atoms with E-state index in [1.165, 1.54) is 6.07 Å². The first kappa shape index (κ1) is 10.2. The summed E-state index contributed by atoms with van der Waals surface area (Å²) in [6, 6.07) is 4.94. The molecule has 1 unspecified atom stereocenters. The third kappa shape index (κ3) is 2.28. The lowest BCUT2D eigenvalue weighted by Gasteiger charge is -2.04. The number of rotatable bonds is 2. The van der Waals surface area contributed by atoms with Gasteiger partial charge < -0.3 is 0 Å². The van der Waals surface area contributed by atoms with E-state index < -0.39 is 4.92 Å². The summed E-state index contributed by atoms with van der Waals surface area (Å²) in [5.41, 5.74) is 1.07. The minimum atomic E-state index is -0.415. The molecular weight excluding hydrogens is 234 g/mol. The highest BCUT2D eigenvalue weighted by Crippen LogP contribution is 2.28. The van der Waals surface area contributed by atoms with Crippen LogP contribution in [-0.4, -0.2) is 4.92 Å². The molecule has 1 aromatic carbocycles. The number of benzene rings is 1. The van der Waals surface area contributed by atoms with Crippen LogP contribution in [0.25, 0.3) is 0 Å². The topological polar surface area (TPSA) is 43.1 Å². The third-order valence-electron chi connectivity index (χ3n) is 1.74. The van der Waals surface area contributed by atoms with Crippen LogP contribution in [0.1, 0.15) is 18.4 Å². The van der Waals surface area contributed by atoms with Gasteiger partial charge in [-0.15, -0.1) is 0 Å². The molecular formula is C9H9BrNO2. The maximum atomic E-state index is 10.5. The number of hydrogen-bond acceptors (Lipinski definition) is 2. The quantitative estimate of drug-likeness (QED) is 0.590. The number of nitro benzene ring substituents is 1. The second-order valence-electron chi connectivity index (χ2n) is 2.87. The standard InChI is InChI=1S/C9H9BrNO2/c1-6(2)7-3-4-9(11(12)13)8(10)5-7/h3-6H,1H2,2H3. The van der Waals surface area contributed by atoms with Crippen molar-refractivity contribution in [1.82, 2.24) is 0 Å². The molecule has 0 saturated carbocycles. The summed E-state index contributed by atoms with van der Waals surface area (Å²) >= 11 is 3.15. The van der Waals surface area contributed by atoms with Crippen molar-refractivity contribution in [2.24, 2.45) is 0 Å². The molecule has 0 aromatic heterocycles. The van der Waals surface area contributed by atoms with E-state index in [1.54, 1.807) is 12.1 Å². The fourth-order valence-corrected chi connectivity index (χ4v) is 1.52. The molecule has 0 heterocycles. The monoisotopic (exact) mass is 242 g/mol. The fourth-order valence-electron chi connectivity index (χ4n) is 0.978. The molecule has 1 radical (unpaired) electrons. The number of nitro groups is 1. The summed E-state index contributed by atoms with van der Waals surface area (Å²) < 4.78 is 0.505. The van der Waals surface area contributed by atoms with Gasteiger partial charge in [-0.25, -0.2) is 0 Å². The van der Waals surface area contributed by atoms with E-state index in [0.29, 0.717) is 4.47 Å². The Morgan fingerprint density at radius 1 is 1.62 bits per heavy atom. The van der Waals surface area contributed by atoms with Crippen LogP contribution in [0.5, 0.6) is 0 Å². The Morgan fingerprint density at radius 2 is 2.23 bits per heavy atom. The van der Waals surface area contributed by atoms with Crippen molar-refractivity contribution in [2.75, 3.05) is 0 Å². The smallest absolute Gasteiger partial charge is 0.258 e. The maximum absolute atomic E-state index is 10.5. The molecule has 0 amide bonds. The van der Waals surface area contributed by atoms with E-state index in [2.05, 4.69) is 22.9 Å². The van der Waals surface area contributed by atoms with Gasteiger partial charge in [-0.2, -0.15) is 0 Å². The summed E-state index contributed by atoms with van der Waals surface area (Å²) in [7, 11) is 0. The summed E-state index contributed by atoms with van der Waals surface area (Å²) in [4.78, 5) is 10.0. The van der Waals surface area contributed by atoms with Crippen molar-refractivity contribution >= 4 is 21.6 Å². The fraction of sp³-hybridized carbons (Fsp3) is 0.222. The Kier molecular flexibility index (Phi) is 3.03. The Morgan fingerprint density at radius 3 is 2.62 bits per heavy atom. The Bertz CT molecular complexity index is 336. The Balaban J connectivity index is 3.13. The van der Waals surface area contributed by atoms with Gasteiger partial charge in [0.1, 0.15) is 0 Å². The molecule has 69 valence electrons. The van der Waals surface area contributed by atoms with E-state index in [0.717, 1.165) is 5.56 Å². The first-order chi connectivity index (χ1) is 6.02. The average molecular weight is 243 g/mol.